The first-order chi connectivity index (χ1) is 11.2. The lowest BCUT2D eigenvalue weighted by atomic mass is 9.84. The first-order valence-corrected chi connectivity index (χ1v) is 8.00. The summed E-state index contributed by atoms with van der Waals surface area (Å²) in [6.07, 6.45) is 5.52. The van der Waals surface area contributed by atoms with Crippen LogP contribution in [0.25, 0.3) is 0 Å². The van der Waals surface area contributed by atoms with Crippen LogP contribution < -0.4 is 0 Å². The van der Waals surface area contributed by atoms with Crippen LogP contribution in [-0.4, -0.2) is 21.3 Å². The zero-order chi connectivity index (χ0) is 16.1. The van der Waals surface area contributed by atoms with Crippen molar-refractivity contribution in [1.29, 1.82) is 0 Å². The molecular formula is C20H22N2O. The second kappa shape index (κ2) is 6.80. The Labute approximate surface area is 137 Å². The van der Waals surface area contributed by atoms with Crippen LogP contribution in [0.1, 0.15) is 30.2 Å². The minimum absolute atomic E-state index is 0.196. The Kier molecular flexibility index (Phi) is 4.58. The van der Waals surface area contributed by atoms with E-state index in [-0.39, 0.29) is 12.1 Å². The third kappa shape index (κ3) is 3.06. The van der Waals surface area contributed by atoms with Crippen molar-refractivity contribution in [2.75, 3.05) is 6.61 Å². The zero-order valence-electron chi connectivity index (χ0n) is 13.4. The van der Waals surface area contributed by atoms with Crippen molar-refractivity contribution < 1.29 is 5.11 Å². The molecule has 0 saturated carbocycles. The van der Waals surface area contributed by atoms with Gasteiger partial charge in [0.1, 0.15) is 0 Å². The van der Waals surface area contributed by atoms with Crippen LogP contribution in [0.15, 0.2) is 73.2 Å². The Morgan fingerprint density at radius 1 is 0.957 bits per heavy atom. The molecule has 0 bridgehead atoms. The van der Waals surface area contributed by atoms with E-state index in [2.05, 4.69) is 71.2 Å². The molecule has 0 amide bonds. The van der Waals surface area contributed by atoms with Gasteiger partial charge in [-0.2, -0.15) is 0 Å². The van der Waals surface area contributed by atoms with Crippen molar-refractivity contribution in [2.45, 2.75) is 25.3 Å². The normalized spacial score (nSPS) is 11.6. The molecule has 0 radical (unpaired) electrons. The summed E-state index contributed by atoms with van der Waals surface area (Å²) in [4.78, 5) is 4.52. The summed E-state index contributed by atoms with van der Waals surface area (Å²) in [5.41, 5.74) is 3.14. The molecule has 0 aliphatic heterocycles. The highest BCUT2D eigenvalue weighted by atomic mass is 16.2. The van der Waals surface area contributed by atoms with E-state index >= 15 is 0 Å². The van der Waals surface area contributed by atoms with Crippen molar-refractivity contribution in [1.82, 2.24) is 9.55 Å². The van der Waals surface area contributed by atoms with Gasteiger partial charge in [0, 0.05) is 12.8 Å². The van der Waals surface area contributed by atoms with Gasteiger partial charge in [-0.1, -0.05) is 60.7 Å². The number of aliphatic hydroxyl groups excluding tert-OH is 1. The molecule has 23 heavy (non-hydrogen) atoms. The van der Waals surface area contributed by atoms with Crippen LogP contribution in [0.2, 0.25) is 0 Å². The van der Waals surface area contributed by atoms with E-state index in [4.69, 9.17) is 5.11 Å². The maximum Gasteiger partial charge on any atom is 0.0959 e. The van der Waals surface area contributed by atoms with Gasteiger partial charge < -0.3 is 9.67 Å². The van der Waals surface area contributed by atoms with E-state index in [1.807, 2.05) is 18.5 Å². The summed E-state index contributed by atoms with van der Waals surface area (Å²) in [6, 6.07) is 21.0. The summed E-state index contributed by atoms with van der Waals surface area (Å²) in [5.74, 6) is 0. The molecule has 0 atom stereocenters. The number of aliphatic hydroxyl groups is 1. The third-order valence-electron chi connectivity index (χ3n) is 4.42. The molecule has 1 heterocycles. The minimum atomic E-state index is -0.313. The van der Waals surface area contributed by atoms with Crippen molar-refractivity contribution in [3.8, 4) is 0 Å². The predicted octanol–water partition coefficient (Wildman–Crippen LogP) is 3.62. The Morgan fingerprint density at radius 2 is 1.52 bits per heavy atom. The van der Waals surface area contributed by atoms with E-state index in [0.29, 0.717) is 0 Å². The average molecular weight is 306 g/mol. The fourth-order valence-electron chi connectivity index (χ4n) is 2.99. The number of benzene rings is 2. The molecule has 3 heteroatoms. The highest BCUT2D eigenvalue weighted by Gasteiger charge is 2.30. The Balaban J connectivity index is 2.08. The van der Waals surface area contributed by atoms with E-state index < -0.39 is 0 Å². The first kappa shape index (κ1) is 15.5. The molecule has 1 aromatic heterocycles. The van der Waals surface area contributed by atoms with Gasteiger partial charge >= 0.3 is 0 Å². The number of imidazole rings is 1. The molecule has 0 spiro atoms. The van der Waals surface area contributed by atoms with Crippen molar-refractivity contribution in [2.24, 2.45) is 0 Å². The highest BCUT2D eigenvalue weighted by Crippen LogP contribution is 2.33. The molecule has 2 aromatic carbocycles. The van der Waals surface area contributed by atoms with E-state index in [1.165, 1.54) is 11.1 Å². The van der Waals surface area contributed by atoms with E-state index in [0.717, 1.165) is 18.5 Å². The molecule has 0 unspecified atom stereocenters. The highest BCUT2D eigenvalue weighted by molar-refractivity contribution is 5.38. The van der Waals surface area contributed by atoms with E-state index in [1.54, 1.807) is 0 Å². The van der Waals surface area contributed by atoms with Gasteiger partial charge in [-0.15, -0.1) is 0 Å². The molecule has 0 aliphatic rings. The number of hydrogen-bond donors (Lipinski definition) is 1. The van der Waals surface area contributed by atoms with Gasteiger partial charge in [-0.25, -0.2) is 4.98 Å². The number of aromatic nitrogens is 2. The van der Waals surface area contributed by atoms with Gasteiger partial charge in [0.05, 0.1) is 17.6 Å². The summed E-state index contributed by atoms with van der Waals surface area (Å²) in [7, 11) is 0. The minimum Gasteiger partial charge on any atom is -0.396 e. The Bertz CT molecular complexity index is 695. The molecular weight excluding hydrogens is 284 g/mol. The number of hydrogen-bond acceptors (Lipinski definition) is 2. The van der Waals surface area contributed by atoms with Crippen LogP contribution in [0.5, 0.6) is 0 Å². The van der Waals surface area contributed by atoms with Crippen LogP contribution in [0.4, 0.5) is 0 Å². The lowest BCUT2D eigenvalue weighted by Crippen LogP contribution is -2.31. The van der Waals surface area contributed by atoms with Crippen LogP contribution in [-0.2, 0) is 12.0 Å². The smallest absolute Gasteiger partial charge is 0.0959 e. The fourth-order valence-corrected chi connectivity index (χ4v) is 2.99. The first-order valence-electron chi connectivity index (χ1n) is 8.00. The van der Waals surface area contributed by atoms with Gasteiger partial charge in [0.2, 0.25) is 0 Å². The maximum atomic E-state index is 9.02. The molecule has 3 nitrogen and oxygen atoms in total. The Hall–Kier alpha value is -2.39. The second-order valence-corrected chi connectivity index (χ2v) is 5.90. The number of nitrogens with zero attached hydrogens (tertiary/aromatic N) is 2. The summed E-state index contributed by atoms with van der Waals surface area (Å²) in [6.45, 7) is 2.41. The van der Waals surface area contributed by atoms with Crippen molar-refractivity contribution in [3.05, 3.63) is 90.0 Å². The molecule has 3 rings (SSSR count). The standard InChI is InChI=1S/C20H22N2O/c1-20(17-9-4-2-5-10-17,18-11-6-3-7-12-18)22-15-19(21-16-22)13-8-14-23/h2-7,9-12,15-16,23H,8,13-14H2,1H3. The van der Waals surface area contributed by atoms with Crippen LogP contribution in [0.3, 0.4) is 0 Å². The van der Waals surface area contributed by atoms with Gasteiger partial charge in [-0.05, 0) is 30.9 Å². The van der Waals surface area contributed by atoms with Crippen molar-refractivity contribution >= 4 is 0 Å². The lowest BCUT2D eigenvalue weighted by Gasteiger charge is -2.32. The van der Waals surface area contributed by atoms with Gasteiger partial charge in [0.25, 0.3) is 0 Å². The van der Waals surface area contributed by atoms with Gasteiger partial charge in [-0.3, -0.25) is 0 Å². The maximum absolute atomic E-state index is 9.02. The molecule has 0 aliphatic carbocycles. The molecule has 0 saturated heterocycles. The number of rotatable bonds is 6. The topological polar surface area (TPSA) is 38.0 Å². The zero-order valence-corrected chi connectivity index (χ0v) is 13.4. The average Bonchev–Trinajstić information content (AvgIpc) is 3.10. The summed E-state index contributed by atoms with van der Waals surface area (Å²) in [5, 5.41) is 9.02. The fraction of sp³-hybridized carbons (Fsp3) is 0.250. The summed E-state index contributed by atoms with van der Waals surface area (Å²) < 4.78 is 2.17. The monoisotopic (exact) mass is 306 g/mol. The van der Waals surface area contributed by atoms with Gasteiger partial charge in [0.15, 0.2) is 0 Å². The second-order valence-electron chi connectivity index (χ2n) is 5.90. The van der Waals surface area contributed by atoms with E-state index in [9.17, 15) is 0 Å². The molecule has 118 valence electrons. The predicted molar refractivity (Wildman–Crippen MR) is 92.4 cm³/mol. The molecule has 0 fully saturated rings. The van der Waals surface area contributed by atoms with Crippen molar-refractivity contribution in [3.63, 3.8) is 0 Å². The van der Waals surface area contributed by atoms with Crippen LogP contribution in [0, 0.1) is 0 Å². The summed E-state index contributed by atoms with van der Waals surface area (Å²) >= 11 is 0. The quantitative estimate of drug-likeness (QED) is 0.755. The lowest BCUT2D eigenvalue weighted by molar-refractivity contribution is 0.288. The van der Waals surface area contributed by atoms with Crippen LogP contribution >= 0.6 is 0 Å². The molecule has 1 N–H and O–H groups in total. The molecule has 3 aromatic rings. The third-order valence-corrected chi connectivity index (χ3v) is 4.42. The SMILES string of the molecule is CC(c1ccccc1)(c1ccccc1)n1cnc(CCCO)c1. The Morgan fingerprint density at radius 3 is 2.04 bits per heavy atom. The largest absolute Gasteiger partial charge is 0.396 e. The number of aryl methyl sites for hydroxylation is 1.